The van der Waals surface area contributed by atoms with Crippen LogP contribution >= 0.6 is 0 Å². The van der Waals surface area contributed by atoms with Gasteiger partial charge in [0, 0.05) is 17.6 Å². The Bertz CT molecular complexity index is 1090. The molecular formula is C15H15N3O3. The number of anilines is 1. The maximum Gasteiger partial charge on any atom is 0.264 e. The molecule has 0 saturated heterocycles. The summed E-state index contributed by atoms with van der Waals surface area (Å²) < 4.78 is 54.9. The number of aryl methyl sites for hydroxylation is 1. The van der Waals surface area contributed by atoms with Crippen molar-refractivity contribution in [3.63, 3.8) is 0 Å². The first-order chi connectivity index (χ1) is 12.9. The number of fused-ring (bicyclic) bond motifs is 1. The third-order valence-electron chi connectivity index (χ3n) is 3.36. The van der Waals surface area contributed by atoms with Gasteiger partial charge < -0.3 is 5.73 Å². The highest BCUT2D eigenvalue weighted by Gasteiger charge is 2.30. The largest absolute Gasteiger partial charge is 0.398 e. The molecule has 1 fully saturated rings. The van der Waals surface area contributed by atoms with E-state index in [1.165, 1.54) is 0 Å². The number of Topliss-reactive ketones (excluding diaryl/α,β-unsaturated/α-hetero) is 2. The van der Waals surface area contributed by atoms with E-state index in [0.717, 1.165) is 0 Å². The summed E-state index contributed by atoms with van der Waals surface area (Å²) >= 11 is 0. The fourth-order valence-electron chi connectivity index (χ4n) is 2.36. The van der Waals surface area contributed by atoms with Crippen molar-refractivity contribution in [3.05, 3.63) is 34.3 Å². The molecule has 0 spiro atoms. The number of rotatable bonds is 1. The Kier molecular flexibility index (Phi) is 1.71. The Morgan fingerprint density at radius 3 is 3.05 bits per heavy atom. The highest BCUT2D eigenvalue weighted by molar-refractivity contribution is 6.03. The van der Waals surface area contributed by atoms with Crippen LogP contribution in [0.1, 0.15) is 40.7 Å². The first kappa shape index (κ1) is 7.49. The van der Waals surface area contributed by atoms with Gasteiger partial charge in [-0.1, -0.05) is 6.04 Å². The SMILES string of the molecule is [2H]c1c([2H])c(N)c2c(=O)n(C3CC([2H])C(=O)CC3=O)c(C([2H])([2H])[2H])nc2c1[2H]. The monoisotopic (exact) mass is 292 g/mol. The molecule has 2 atom stereocenters. The van der Waals surface area contributed by atoms with Crippen molar-refractivity contribution >= 4 is 28.2 Å². The van der Waals surface area contributed by atoms with Gasteiger partial charge in [-0.05, 0) is 25.4 Å². The van der Waals surface area contributed by atoms with Crippen LogP contribution in [0, 0.1) is 6.85 Å². The first-order valence-electron chi connectivity index (χ1n) is 9.73. The lowest BCUT2D eigenvalue weighted by Gasteiger charge is -2.24. The van der Waals surface area contributed by atoms with Crippen LogP contribution in [-0.2, 0) is 9.59 Å². The molecule has 6 nitrogen and oxygen atoms in total. The number of nitrogen functional groups attached to an aromatic ring is 1. The van der Waals surface area contributed by atoms with Gasteiger partial charge >= 0.3 is 0 Å². The van der Waals surface area contributed by atoms with Gasteiger partial charge in [-0.2, -0.15) is 0 Å². The molecule has 2 aromatic rings. The molecule has 1 saturated carbocycles. The maximum atomic E-state index is 13.1. The first-order valence-corrected chi connectivity index (χ1v) is 6.15. The molecule has 0 bridgehead atoms. The fourth-order valence-corrected chi connectivity index (χ4v) is 2.36. The Balaban J connectivity index is 2.45. The van der Waals surface area contributed by atoms with Crippen molar-refractivity contribution in [1.82, 2.24) is 9.55 Å². The molecule has 1 aromatic carbocycles. The third kappa shape index (κ3) is 2.12. The van der Waals surface area contributed by atoms with E-state index in [4.69, 9.17) is 15.3 Å². The zero-order valence-electron chi connectivity index (χ0n) is 17.8. The van der Waals surface area contributed by atoms with E-state index in [-0.39, 0.29) is 0 Å². The lowest BCUT2D eigenvalue weighted by Crippen LogP contribution is -2.36. The molecule has 2 unspecified atom stereocenters. The Morgan fingerprint density at radius 2 is 2.29 bits per heavy atom. The smallest absolute Gasteiger partial charge is 0.264 e. The van der Waals surface area contributed by atoms with E-state index < -0.39 is 89.8 Å². The molecule has 0 aliphatic heterocycles. The van der Waals surface area contributed by atoms with E-state index in [2.05, 4.69) is 4.98 Å². The summed E-state index contributed by atoms with van der Waals surface area (Å²) in [7, 11) is 0. The molecule has 2 N–H and O–H groups in total. The van der Waals surface area contributed by atoms with Gasteiger partial charge in [-0.25, -0.2) is 4.98 Å². The number of nitrogens with zero attached hydrogens (tertiary/aromatic N) is 2. The van der Waals surface area contributed by atoms with Crippen LogP contribution in [0.25, 0.3) is 10.9 Å². The summed E-state index contributed by atoms with van der Waals surface area (Å²) in [5, 5.41) is -0.440. The van der Waals surface area contributed by atoms with Crippen molar-refractivity contribution in [2.24, 2.45) is 0 Å². The van der Waals surface area contributed by atoms with Crippen LogP contribution in [0.5, 0.6) is 0 Å². The van der Waals surface area contributed by atoms with Gasteiger partial charge in [0.2, 0.25) is 0 Å². The minimum absolute atomic E-state index is 0.397. The van der Waals surface area contributed by atoms with Crippen LogP contribution in [-0.4, -0.2) is 21.1 Å². The summed E-state index contributed by atoms with van der Waals surface area (Å²) in [4.78, 5) is 41.0. The third-order valence-corrected chi connectivity index (χ3v) is 3.36. The second-order valence-electron chi connectivity index (χ2n) is 4.69. The standard InChI is InChI=1S/C15H15N3O3/c1-8-17-11-4-2-3-10(16)14(11)15(21)18(8)12-6-5-9(19)7-13(12)20/h2-4,12H,5-7,16H2,1H3/i1D3,2D,3D,4D,5D. The average molecular weight is 292 g/mol. The molecule has 1 heterocycles. The van der Waals surface area contributed by atoms with Gasteiger partial charge in [0.05, 0.1) is 27.5 Å². The van der Waals surface area contributed by atoms with E-state index in [1.807, 2.05) is 0 Å². The van der Waals surface area contributed by atoms with E-state index >= 15 is 0 Å². The van der Waals surface area contributed by atoms with Crippen LogP contribution in [0.2, 0.25) is 0 Å². The number of aromatic nitrogens is 2. The maximum absolute atomic E-state index is 13.1. The molecule has 0 radical (unpaired) electrons. The molecule has 21 heavy (non-hydrogen) atoms. The molecular weight excluding hydrogens is 270 g/mol. The van der Waals surface area contributed by atoms with Gasteiger partial charge in [-0.3, -0.25) is 19.0 Å². The van der Waals surface area contributed by atoms with Gasteiger partial charge in [0.1, 0.15) is 11.6 Å². The number of carbonyl (C=O) groups is 2. The number of nitrogens with two attached hydrogens (primary N) is 1. The van der Waals surface area contributed by atoms with Gasteiger partial charge in [0.25, 0.3) is 5.56 Å². The molecule has 108 valence electrons. The predicted octanol–water partition coefficient (Wildman–Crippen LogP) is 1.15. The molecule has 1 aliphatic rings. The lowest BCUT2D eigenvalue weighted by atomic mass is 9.92. The molecule has 1 aromatic heterocycles. The second kappa shape index (κ2) is 4.80. The van der Waals surface area contributed by atoms with E-state index in [0.29, 0.717) is 4.57 Å². The zero-order chi connectivity index (χ0) is 21.1. The summed E-state index contributed by atoms with van der Waals surface area (Å²) in [5.74, 6) is -2.15. The van der Waals surface area contributed by atoms with Crippen LogP contribution in [0.4, 0.5) is 5.69 Å². The van der Waals surface area contributed by atoms with E-state index in [9.17, 15) is 14.4 Å². The number of carbonyl (C=O) groups excluding carboxylic acids is 2. The van der Waals surface area contributed by atoms with Crippen LogP contribution in [0.3, 0.4) is 0 Å². The van der Waals surface area contributed by atoms with Crippen molar-refractivity contribution < 1.29 is 19.2 Å². The van der Waals surface area contributed by atoms with Crippen LogP contribution in [0.15, 0.2) is 22.9 Å². The van der Waals surface area contributed by atoms with Crippen molar-refractivity contribution in [2.75, 3.05) is 5.73 Å². The minimum Gasteiger partial charge on any atom is -0.398 e. The summed E-state index contributed by atoms with van der Waals surface area (Å²) in [6.07, 6.45) is -2.31. The molecule has 1 aliphatic carbocycles. The number of hydrogen-bond acceptors (Lipinski definition) is 5. The normalized spacial score (nSPS) is 28.1. The highest BCUT2D eigenvalue weighted by Crippen LogP contribution is 2.24. The molecule has 3 rings (SSSR count). The van der Waals surface area contributed by atoms with Gasteiger partial charge in [0.15, 0.2) is 5.78 Å². The molecule has 6 heteroatoms. The zero-order valence-corrected chi connectivity index (χ0v) is 10.8. The Morgan fingerprint density at radius 1 is 1.48 bits per heavy atom. The van der Waals surface area contributed by atoms with Crippen molar-refractivity contribution in [1.29, 1.82) is 0 Å². The quantitative estimate of drug-likeness (QED) is 0.628. The highest BCUT2D eigenvalue weighted by atomic mass is 16.2. The van der Waals surface area contributed by atoms with E-state index in [1.54, 1.807) is 0 Å². The Labute approximate surface area is 130 Å². The lowest BCUT2D eigenvalue weighted by molar-refractivity contribution is -0.132. The van der Waals surface area contributed by atoms with Crippen LogP contribution < -0.4 is 11.3 Å². The number of ketones is 2. The topological polar surface area (TPSA) is 95.0 Å². The molecule has 0 amide bonds. The van der Waals surface area contributed by atoms with Gasteiger partial charge in [-0.15, -0.1) is 0 Å². The number of hydrogen-bond donors (Lipinski definition) is 1. The minimum atomic E-state index is -2.96. The van der Waals surface area contributed by atoms with Crippen molar-refractivity contribution in [2.45, 2.75) is 32.1 Å². The number of benzene rings is 1. The Hall–Kier alpha value is -2.50. The summed E-state index contributed by atoms with van der Waals surface area (Å²) in [6.45, 7) is -2.96. The summed E-state index contributed by atoms with van der Waals surface area (Å²) in [5.41, 5.74) is 3.80. The summed E-state index contributed by atoms with van der Waals surface area (Å²) in [6, 6.07) is -3.24. The second-order valence-corrected chi connectivity index (χ2v) is 4.69. The predicted molar refractivity (Wildman–Crippen MR) is 78.1 cm³/mol. The fraction of sp³-hybridized carbons (Fsp3) is 0.333. The van der Waals surface area contributed by atoms with Crippen molar-refractivity contribution in [3.8, 4) is 0 Å². The average Bonchev–Trinajstić information content (AvgIpc) is 2.60.